The molecule has 1 aromatic heterocycles. The fraction of sp³-hybridized carbons (Fsp3) is 0. The molecule has 0 saturated carbocycles. The van der Waals surface area contributed by atoms with Gasteiger partial charge in [-0.2, -0.15) is 0 Å². The fourth-order valence-electron chi connectivity index (χ4n) is 1.31. The average molecular weight is 241 g/mol. The summed E-state index contributed by atoms with van der Waals surface area (Å²) in [6.07, 6.45) is 0.846. The Morgan fingerprint density at radius 3 is 2.62 bits per heavy atom. The maximum atomic E-state index is 11.7. The summed E-state index contributed by atoms with van der Waals surface area (Å²) in [6, 6.07) is 2.36. The van der Waals surface area contributed by atoms with Gasteiger partial charge < -0.3 is 14.6 Å². The molecular weight excluding hydrogens is 236 g/mol. The zero-order valence-electron chi connectivity index (χ0n) is 7.73. The van der Waals surface area contributed by atoms with Gasteiger partial charge in [-0.3, -0.25) is 9.59 Å². The van der Waals surface area contributed by atoms with Crippen LogP contribution in [0.15, 0.2) is 27.6 Å². The average Bonchev–Trinajstić information content (AvgIpc) is 2.23. The number of aromatic hydroxyl groups is 2. The maximum absolute atomic E-state index is 11.7. The molecule has 82 valence electrons. The molecule has 0 aliphatic carbocycles. The number of phenolic OH excluding ortho intramolecular Hbond substituents is 2. The van der Waals surface area contributed by atoms with Crippen molar-refractivity contribution in [2.45, 2.75) is 0 Å². The number of carbonyl (C=O) groups excluding carboxylic acids is 1. The molecule has 0 spiro atoms. The van der Waals surface area contributed by atoms with Crippen LogP contribution in [0, 0.1) is 0 Å². The Hall–Kier alpha value is -2.01. The molecule has 1 aromatic carbocycles. The maximum Gasteiger partial charge on any atom is 0.259 e. The molecule has 1 heterocycles. The van der Waals surface area contributed by atoms with E-state index in [0.717, 1.165) is 12.3 Å². The number of phenols is 2. The monoisotopic (exact) mass is 240 g/mol. The SMILES string of the molecule is O=C(Cl)c1coc2c(O)c(O)ccc2c1=O. The highest BCUT2D eigenvalue weighted by atomic mass is 35.5. The Balaban J connectivity index is 2.93. The predicted octanol–water partition coefficient (Wildman–Crippen LogP) is 1.58. The lowest BCUT2D eigenvalue weighted by molar-refractivity contribution is 0.107. The van der Waals surface area contributed by atoms with E-state index in [-0.39, 0.29) is 16.5 Å². The second-order valence-corrected chi connectivity index (χ2v) is 3.41. The third-order valence-corrected chi connectivity index (χ3v) is 2.31. The van der Waals surface area contributed by atoms with E-state index in [4.69, 9.17) is 16.0 Å². The van der Waals surface area contributed by atoms with Gasteiger partial charge in [-0.1, -0.05) is 0 Å². The van der Waals surface area contributed by atoms with E-state index >= 15 is 0 Å². The largest absolute Gasteiger partial charge is 0.504 e. The third-order valence-electron chi connectivity index (χ3n) is 2.11. The number of carbonyl (C=O) groups is 1. The Kier molecular flexibility index (Phi) is 2.32. The number of fused-ring (bicyclic) bond motifs is 1. The summed E-state index contributed by atoms with van der Waals surface area (Å²) in [5, 5.41) is 17.6. The highest BCUT2D eigenvalue weighted by Crippen LogP contribution is 2.32. The Morgan fingerprint density at radius 2 is 2.00 bits per heavy atom. The van der Waals surface area contributed by atoms with E-state index in [2.05, 4.69) is 0 Å². The van der Waals surface area contributed by atoms with Crippen LogP contribution in [0.4, 0.5) is 0 Å². The van der Waals surface area contributed by atoms with Crippen LogP contribution in [-0.4, -0.2) is 15.5 Å². The third kappa shape index (κ3) is 1.42. The van der Waals surface area contributed by atoms with Crippen molar-refractivity contribution >= 4 is 27.8 Å². The zero-order valence-corrected chi connectivity index (χ0v) is 8.49. The van der Waals surface area contributed by atoms with E-state index in [1.165, 1.54) is 6.07 Å². The Bertz CT molecular complexity index is 643. The van der Waals surface area contributed by atoms with Crippen LogP contribution in [-0.2, 0) is 0 Å². The molecule has 2 aromatic rings. The second kappa shape index (κ2) is 3.53. The highest BCUT2D eigenvalue weighted by molar-refractivity contribution is 6.67. The first-order valence-electron chi connectivity index (χ1n) is 4.18. The van der Waals surface area contributed by atoms with Gasteiger partial charge in [0, 0.05) is 0 Å². The van der Waals surface area contributed by atoms with Crippen LogP contribution in [0.5, 0.6) is 11.5 Å². The fourth-order valence-corrected chi connectivity index (χ4v) is 1.44. The summed E-state index contributed by atoms with van der Waals surface area (Å²) in [7, 11) is 0. The minimum Gasteiger partial charge on any atom is -0.504 e. The standard InChI is InChI=1S/C10H5ClO5/c11-10(15)5-3-16-9-4(7(5)13)1-2-6(12)8(9)14/h1-3,12,14H. The molecule has 0 fully saturated rings. The predicted molar refractivity (Wildman–Crippen MR) is 56.0 cm³/mol. The van der Waals surface area contributed by atoms with E-state index < -0.39 is 22.2 Å². The van der Waals surface area contributed by atoms with Gasteiger partial charge in [-0.15, -0.1) is 0 Å². The Morgan fingerprint density at radius 1 is 1.31 bits per heavy atom. The van der Waals surface area contributed by atoms with Crippen LogP contribution in [0.3, 0.4) is 0 Å². The molecule has 6 heteroatoms. The van der Waals surface area contributed by atoms with Gasteiger partial charge in [0.15, 0.2) is 11.3 Å². The molecular formula is C10H5ClO5. The van der Waals surface area contributed by atoms with Crippen molar-refractivity contribution < 1.29 is 19.4 Å². The first-order valence-corrected chi connectivity index (χ1v) is 4.56. The van der Waals surface area contributed by atoms with Gasteiger partial charge in [-0.05, 0) is 23.7 Å². The lowest BCUT2D eigenvalue weighted by Crippen LogP contribution is -2.10. The Labute approximate surface area is 93.5 Å². The number of hydrogen-bond donors (Lipinski definition) is 2. The van der Waals surface area contributed by atoms with E-state index in [9.17, 15) is 19.8 Å². The molecule has 0 bridgehead atoms. The number of halogens is 1. The van der Waals surface area contributed by atoms with Crippen molar-refractivity contribution in [1.29, 1.82) is 0 Å². The molecule has 5 nitrogen and oxygen atoms in total. The first kappa shape index (κ1) is 10.5. The molecule has 0 atom stereocenters. The van der Waals surface area contributed by atoms with E-state index in [1.54, 1.807) is 0 Å². The van der Waals surface area contributed by atoms with E-state index in [0.29, 0.717) is 0 Å². The summed E-state index contributed by atoms with van der Waals surface area (Å²) in [5.74, 6) is -0.969. The first-order chi connectivity index (χ1) is 7.52. The van der Waals surface area contributed by atoms with Gasteiger partial charge >= 0.3 is 0 Å². The summed E-state index contributed by atoms with van der Waals surface area (Å²) < 4.78 is 4.88. The summed E-state index contributed by atoms with van der Waals surface area (Å²) >= 11 is 5.17. The molecule has 0 unspecified atom stereocenters. The molecule has 0 aliphatic rings. The minimum absolute atomic E-state index is 0.0261. The summed E-state index contributed by atoms with van der Waals surface area (Å²) in [6.45, 7) is 0. The van der Waals surface area contributed by atoms with Crippen LogP contribution >= 0.6 is 11.6 Å². The molecule has 2 N–H and O–H groups in total. The van der Waals surface area contributed by atoms with Gasteiger partial charge in [0.05, 0.1) is 5.39 Å². The summed E-state index contributed by atoms with van der Waals surface area (Å²) in [5.41, 5.74) is -1.16. The highest BCUT2D eigenvalue weighted by Gasteiger charge is 2.15. The van der Waals surface area contributed by atoms with Crippen LogP contribution in [0.1, 0.15) is 10.4 Å². The van der Waals surface area contributed by atoms with Gasteiger partial charge in [0.25, 0.3) is 5.24 Å². The van der Waals surface area contributed by atoms with Crippen molar-refractivity contribution in [1.82, 2.24) is 0 Å². The van der Waals surface area contributed by atoms with Crippen molar-refractivity contribution in [3.05, 3.63) is 34.2 Å². The summed E-state index contributed by atoms with van der Waals surface area (Å²) in [4.78, 5) is 22.5. The molecule has 0 aliphatic heterocycles. The van der Waals surface area contributed by atoms with Crippen molar-refractivity contribution in [2.24, 2.45) is 0 Å². The molecule has 0 amide bonds. The normalized spacial score (nSPS) is 10.6. The van der Waals surface area contributed by atoms with E-state index in [1.807, 2.05) is 0 Å². The van der Waals surface area contributed by atoms with Gasteiger partial charge in [0.2, 0.25) is 11.2 Å². The zero-order chi connectivity index (χ0) is 11.9. The van der Waals surface area contributed by atoms with Crippen LogP contribution in [0.25, 0.3) is 11.0 Å². The minimum atomic E-state index is -0.941. The van der Waals surface area contributed by atoms with Crippen LogP contribution in [0.2, 0.25) is 0 Å². The number of benzene rings is 1. The topological polar surface area (TPSA) is 87.7 Å². The van der Waals surface area contributed by atoms with Crippen molar-refractivity contribution in [3.8, 4) is 11.5 Å². The lowest BCUT2D eigenvalue weighted by Gasteiger charge is -2.02. The number of hydrogen-bond acceptors (Lipinski definition) is 5. The molecule has 16 heavy (non-hydrogen) atoms. The van der Waals surface area contributed by atoms with Crippen LogP contribution < -0.4 is 5.43 Å². The number of rotatable bonds is 1. The lowest BCUT2D eigenvalue weighted by atomic mass is 10.1. The van der Waals surface area contributed by atoms with Crippen molar-refractivity contribution in [2.75, 3.05) is 0 Å². The molecule has 0 radical (unpaired) electrons. The smallest absolute Gasteiger partial charge is 0.259 e. The van der Waals surface area contributed by atoms with Gasteiger partial charge in [0.1, 0.15) is 11.8 Å². The van der Waals surface area contributed by atoms with Gasteiger partial charge in [-0.25, -0.2) is 0 Å². The van der Waals surface area contributed by atoms with Crippen molar-refractivity contribution in [3.63, 3.8) is 0 Å². The molecule has 2 rings (SSSR count). The second-order valence-electron chi connectivity index (χ2n) is 3.06. The molecule has 0 saturated heterocycles. The quantitative estimate of drug-likeness (QED) is 0.584.